The third kappa shape index (κ3) is 3.52. The lowest BCUT2D eigenvalue weighted by Gasteiger charge is -2.37. The molecule has 1 fully saturated rings. The molecule has 0 radical (unpaired) electrons. The molecule has 0 bridgehead atoms. The summed E-state index contributed by atoms with van der Waals surface area (Å²) in [5.41, 5.74) is -0.441. The van der Waals surface area contributed by atoms with E-state index in [-0.39, 0.29) is 10.8 Å². The largest absolute Gasteiger partial charge is 0.340 e. The highest BCUT2D eigenvalue weighted by atomic mass is 79.9. The van der Waals surface area contributed by atoms with Crippen LogP contribution in [0.15, 0.2) is 33.6 Å². The van der Waals surface area contributed by atoms with E-state index < -0.39 is 15.4 Å². The highest BCUT2D eigenvalue weighted by Gasteiger charge is 2.34. The fourth-order valence-electron chi connectivity index (χ4n) is 2.40. The van der Waals surface area contributed by atoms with Gasteiger partial charge in [0.2, 0.25) is 15.9 Å². The van der Waals surface area contributed by atoms with E-state index in [0.29, 0.717) is 30.7 Å². The van der Waals surface area contributed by atoms with E-state index in [4.69, 9.17) is 0 Å². The van der Waals surface area contributed by atoms with Crippen LogP contribution in [0.5, 0.6) is 0 Å². The summed E-state index contributed by atoms with van der Waals surface area (Å²) in [6, 6.07) is 6.79. The van der Waals surface area contributed by atoms with Gasteiger partial charge in [0.15, 0.2) is 0 Å². The lowest BCUT2D eigenvalue weighted by molar-refractivity contribution is -0.140. The number of amides is 1. The van der Waals surface area contributed by atoms with Gasteiger partial charge in [-0.2, -0.15) is 4.31 Å². The Morgan fingerprint density at radius 2 is 1.64 bits per heavy atom. The highest BCUT2D eigenvalue weighted by molar-refractivity contribution is 9.10. The first-order valence-corrected chi connectivity index (χ1v) is 9.41. The van der Waals surface area contributed by atoms with Crippen LogP contribution >= 0.6 is 15.9 Å². The number of benzene rings is 1. The molecule has 1 aliphatic rings. The second kappa shape index (κ2) is 6.29. The number of halogens is 1. The van der Waals surface area contributed by atoms with E-state index >= 15 is 0 Å². The van der Waals surface area contributed by atoms with Crippen LogP contribution in [-0.4, -0.2) is 49.7 Å². The van der Waals surface area contributed by atoms with Crippen molar-refractivity contribution in [2.24, 2.45) is 5.41 Å². The smallest absolute Gasteiger partial charge is 0.244 e. The number of sulfonamides is 1. The molecule has 0 aliphatic carbocycles. The van der Waals surface area contributed by atoms with E-state index in [1.54, 1.807) is 29.2 Å². The maximum absolute atomic E-state index is 12.7. The molecule has 0 aromatic heterocycles. The number of nitrogens with zero attached hydrogens (tertiary/aromatic N) is 2. The molecule has 0 N–H and O–H groups in total. The van der Waals surface area contributed by atoms with Gasteiger partial charge in [0.1, 0.15) is 0 Å². The van der Waals surface area contributed by atoms with Gasteiger partial charge in [-0.3, -0.25) is 4.79 Å². The second-order valence-electron chi connectivity index (χ2n) is 6.38. The normalized spacial score (nSPS) is 17.5. The Labute approximate surface area is 140 Å². The molecule has 1 heterocycles. The van der Waals surface area contributed by atoms with Crippen molar-refractivity contribution in [1.29, 1.82) is 0 Å². The molecule has 1 aromatic carbocycles. The van der Waals surface area contributed by atoms with E-state index in [0.717, 1.165) is 0 Å². The molecule has 22 heavy (non-hydrogen) atoms. The van der Waals surface area contributed by atoms with Gasteiger partial charge in [0, 0.05) is 36.1 Å². The van der Waals surface area contributed by atoms with Gasteiger partial charge in [-0.15, -0.1) is 0 Å². The molecular weight excluding hydrogens is 368 g/mol. The summed E-state index contributed by atoms with van der Waals surface area (Å²) in [5.74, 6) is 0.0606. The van der Waals surface area contributed by atoms with Gasteiger partial charge < -0.3 is 4.90 Å². The van der Waals surface area contributed by atoms with Crippen LogP contribution < -0.4 is 0 Å². The Kier molecular flexibility index (Phi) is 4.99. The molecule has 1 aliphatic heterocycles. The molecule has 1 aromatic rings. The van der Waals surface area contributed by atoms with E-state index in [2.05, 4.69) is 15.9 Å². The third-order valence-corrected chi connectivity index (χ3v) is 6.53. The number of hydrogen-bond donors (Lipinski definition) is 0. The predicted octanol–water partition coefficient (Wildman–Crippen LogP) is 2.33. The Morgan fingerprint density at radius 1 is 1.09 bits per heavy atom. The zero-order valence-electron chi connectivity index (χ0n) is 13.0. The molecule has 2 rings (SSSR count). The standard InChI is InChI=1S/C15H21BrN2O3S/c1-15(2,3)14(19)17-8-10-18(11-9-17)22(20,21)13-7-5-4-6-12(13)16/h4-7H,8-11H2,1-3H3. The first kappa shape index (κ1) is 17.4. The summed E-state index contributed by atoms with van der Waals surface area (Å²) in [5, 5.41) is 0. The Hall–Kier alpha value is -0.920. The quantitative estimate of drug-likeness (QED) is 0.780. The number of rotatable bonds is 2. The average molecular weight is 389 g/mol. The van der Waals surface area contributed by atoms with Gasteiger partial charge in [-0.25, -0.2) is 8.42 Å². The minimum absolute atomic E-state index is 0.0606. The van der Waals surface area contributed by atoms with Gasteiger partial charge in [-0.1, -0.05) is 32.9 Å². The van der Waals surface area contributed by atoms with E-state index in [9.17, 15) is 13.2 Å². The van der Waals surface area contributed by atoms with Crippen molar-refractivity contribution in [3.63, 3.8) is 0 Å². The fraction of sp³-hybridized carbons (Fsp3) is 0.533. The van der Waals surface area contributed by atoms with Crippen molar-refractivity contribution in [3.05, 3.63) is 28.7 Å². The molecule has 122 valence electrons. The van der Waals surface area contributed by atoms with Crippen LogP contribution in [0.3, 0.4) is 0 Å². The van der Waals surface area contributed by atoms with Gasteiger partial charge in [0.05, 0.1) is 4.90 Å². The van der Waals surface area contributed by atoms with Crippen molar-refractivity contribution in [1.82, 2.24) is 9.21 Å². The van der Waals surface area contributed by atoms with Crippen LogP contribution in [0.2, 0.25) is 0 Å². The zero-order chi connectivity index (χ0) is 16.5. The van der Waals surface area contributed by atoms with Crippen molar-refractivity contribution in [3.8, 4) is 0 Å². The molecular formula is C15H21BrN2O3S. The molecule has 1 amide bonds. The number of carbonyl (C=O) groups is 1. The van der Waals surface area contributed by atoms with Crippen molar-refractivity contribution in [2.75, 3.05) is 26.2 Å². The Bertz CT molecular complexity index is 660. The molecule has 0 atom stereocenters. The molecule has 1 saturated heterocycles. The predicted molar refractivity (Wildman–Crippen MR) is 88.9 cm³/mol. The lowest BCUT2D eigenvalue weighted by Crippen LogP contribution is -2.52. The third-order valence-electron chi connectivity index (χ3n) is 3.62. The van der Waals surface area contributed by atoms with Crippen molar-refractivity contribution >= 4 is 31.9 Å². The summed E-state index contributed by atoms with van der Waals surface area (Å²) >= 11 is 3.29. The first-order chi connectivity index (χ1) is 10.1. The maximum Gasteiger partial charge on any atom is 0.244 e. The second-order valence-corrected chi connectivity index (χ2v) is 9.14. The van der Waals surface area contributed by atoms with Crippen LogP contribution in [0.4, 0.5) is 0 Å². The molecule has 5 nitrogen and oxygen atoms in total. The minimum Gasteiger partial charge on any atom is -0.340 e. The topological polar surface area (TPSA) is 57.7 Å². The summed E-state index contributed by atoms with van der Waals surface area (Å²) in [6.07, 6.45) is 0. The number of piperazine rings is 1. The molecule has 0 unspecified atom stereocenters. The van der Waals surface area contributed by atoms with Gasteiger partial charge in [-0.05, 0) is 28.1 Å². The van der Waals surface area contributed by atoms with Crippen LogP contribution in [-0.2, 0) is 14.8 Å². The fourth-order valence-corrected chi connectivity index (χ4v) is 4.78. The zero-order valence-corrected chi connectivity index (χ0v) is 15.4. The summed E-state index contributed by atoms with van der Waals surface area (Å²) in [6.45, 7) is 7.13. The Morgan fingerprint density at radius 3 is 2.14 bits per heavy atom. The van der Waals surface area contributed by atoms with Crippen LogP contribution in [0.25, 0.3) is 0 Å². The molecule has 7 heteroatoms. The summed E-state index contributed by atoms with van der Waals surface area (Å²) in [7, 11) is -3.53. The van der Waals surface area contributed by atoms with Crippen molar-refractivity contribution < 1.29 is 13.2 Å². The van der Waals surface area contributed by atoms with Crippen molar-refractivity contribution in [2.45, 2.75) is 25.7 Å². The summed E-state index contributed by atoms with van der Waals surface area (Å²) in [4.78, 5) is 14.3. The minimum atomic E-state index is -3.53. The average Bonchev–Trinajstić information content (AvgIpc) is 2.46. The maximum atomic E-state index is 12.7. The van der Waals surface area contributed by atoms with E-state index in [1.807, 2.05) is 20.8 Å². The monoisotopic (exact) mass is 388 g/mol. The highest BCUT2D eigenvalue weighted by Crippen LogP contribution is 2.26. The number of hydrogen-bond acceptors (Lipinski definition) is 3. The van der Waals surface area contributed by atoms with E-state index in [1.165, 1.54) is 4.31 Å². The van der Waals surface area contributed by atoms with Gasteiger partial charge >= 0.3 is 0 Å². The van der Waals surface area contributed by atoms with Gasteiger partial charge in [0.25, 0.3) is 0 Å². The lowest BCUT2D eigenvalue weighted by atomic mass is 9.94. The SMILES string of the molecule is CC(C)(C)C(=O)N1CCN(S(=O)(=O)c2ccccc2Br)CC1. The number of carbonyl (C=O) groups excluding carboxylic acids is 1. The molecule has 0 spiro atoms. The molecule has 0 saturated carbocycles. The summed E-state index contributed by atoms with van der Waals surface area (Å²) < 4.78 is 27.4. The van der Waals surface area contributed by atoms with Crippen LogP contribution in [0.1, 0.15) is 20.8 Å². The van der Waals surface area contributed by atoms with Crippen LogP contribution in [0, 0.1) is 5.41 Å². The first-order valence-electron chi connectivity index (χ1n) is 7.18. The Balaban J connectivity index is 2.12.